The first-order chi connectivity index (χ1) is 11.6. The topological polar surface area (TPSA) is 71.1 Å². The molecule has 1 fully saturated rings. The Bertz CT molecular complexity index is 632. The number of morpholine rings is 1. The molecule has 1 aromatic carbocycles. The molecule has 0 spiro atoms. The number of rotatable bonds is 3. The summed E-state index contributed by atoms with van der Waals surface area (Å²) in [7, 11) is 1.70. The summed E-state index contributed by atoms with van der Waals surface area (Å²) in [5, 5.41) is 2.92. The SMILES string of the molecule is CCC[C@H]1COCCN1C(=O)Nc1ccc2c(c1)N(C)C(=O)CO2. The van der Waals surface area contributed by atoms with Crippen LogP contribution in [0.3, 0.4) is 0 Å². The third-order valence-corrected chi connectivity index (χ3v) is 4.41. The summed E-state index contributed by atoms with van der Waals surface area (Å²) < 4.78 is 10.9. The lowest BCUT2D eigenvalue weighted by molar-refractivity contribution is -0.120. The number of nitrogens with zero attached hydrogens (tertiary/aromatic N) is 2. The molecule has 7 heteroatoms. The van der Waals surface area contributed by atoms with Crippen LogP contribution in [0.1, 0.15) is 19.8 Å². The number of likely N-dealkylation sites (N-methyl/N-ethyl adjacent to an activating group) is 1. The molecule has 3 rings (SSSR count). The lowest BCUT2D eigenvalue weighted by atomic mass is 10.1. The van der Waals surface area contributed by atoms with Gasteiger partial charge in [0.15, 0.2) is 6.61 Å². The molecule has 1 aromatic rings. The van der Waals surface area contributed by atoms with Crippen LogP contribution in [-0.2, 0) is 9.53 Å². The molecular formula is C17H23N3O4. The van der Waals surface area contributed by atoms with Gasteiger partial charge in [0.2, 0.25) is 0 Å². The minimum atomic E-state index is -0.137. The van der Waals surface area contributed by atoms with E-state index < -0.39 is 0 Å². The monoisotopic (exact) mass is 333 g/mol. The van der Waals surface area contributed by atoms with Gasteiger partial charge in [-0.05, 0) is 24.6 Å². The van der Waals surface area contributed by atoms with E-state index in [-0.39, 0.29) is 24.6 Å². The number of urea groups is 1. The number of anilines is 2. The molecule has 130 valence electrons. The Hall–Kier alpha value is -2.28. The fourth-order valence-corrected chi connectivity index (χ4v) is 3.04. The van der Waals surface area contributed by atoms with E-state index in [1.165, 1.54) is 0 Å². The zero-order valence-corrected chi connectivity index (χ0v) is 14.1. The summed E-state index contributed by atoms with van der Waals surface area (Å²) in [5.41, 5.74) is 1.31. The average Bonchev–Trinajstić information content (AvgIpc) is 2.59. The van der Waals surface area contributed by atoms with Gasteiger partial charge in [-0.3, -0.25) is 4.79 Å². The molecule has 2 heterocycles. The second kappa shape index (κ2) is 7.09. The molecule has 24 heavy (non-hydrogen) atoms. The van der Waals surface area contributed by atoms with Gasteiger partial charge in [0.1, 0.15) is 5.75 Å². The molecule has 0 aliphatic carbocycles. The third-order valence-electron chi connectivity index (χ3n) is 4.41. The number of hydrogen-bond donors (Lipinski definition) is 1. The molecule has 1 saturated heterocycles. The van der Waals surface area contributed by atoms with Crippen LogP contribution in [-0.4, -0.2) is 56.3 Å². The van der Waals surface area contributed by atoms with Crippen molar-refractivity contribution in [2.24, 2.45) is 0 Å². The Morgan fingerprint density at radius 1 is 1.42 bits per heavy atom. The number of carbonyl (C=O) groups excluding carboxylic acids is 2. The predicted octanol–water partition coefficient (Wildman–Crippen LogP) is 2.07. The minimum Gasteiger partial charge on any atom is -0.482 e. The summed E-state index contributed by atoms with van der Waals surface area (Å²) >= 11 is 0. The van der Waals surface area contributed by atoms with E-state index in [0.29, 0.717) is 36.9 Å². The Labute approximate surface area is 141 Å². The number of nitrogens with one attached hydrogen (secondary N) is 1. The molecule has 0 bridgehead atoms. The largest absolute Gasteiger partial charge is 0.482 e. The highest BCUT2D eigenvalue weighted by atomic mass is 16.5. The Morgan fingerprint density at radius 3 is 3.04 bits per heavy atom. The summed E-state index contributed by atoms with van der Waals surface area (Å²) in [6, 6.07) is 5.29. The Balaban J connectivity index is 1.73. The smallest absolute Gasteiger partial charge is 0.322 e. The van der Waals surface area contributed by atoms with Crippen molar-refractivity contribution in [2.45, 2.75) is 25.8 Å². The second-order valence-corrected chi connectivity index (χ2v) is 6.06. The van der Waals surface area contributed by atoms with Gasteiger partial charge in [-0.15, -0.1) is 0 Å². The van der Waals surface area contributed by atoms with Gasteiger partial charge < -0.3 is 24.6 Å². The van der Waals surface area contributed by atoms with Crippen LogP contribution in [0.4, 0.5) is 16.2 Å². The molecular weight excluding hydrogens is 310 g/mol. The quantitative estimate of drug-likeness (QED) is 0.919. The molecule has 0 unspecified atom stereocenters. The molecule has 1 atom stereocenters. The lowest BCUT2D eigenvalue weighted by Crippen LogP contribution is -2.50. The number of amides is 3. The number of ether oxygens (including phenoxy) is 2. The number of fused-ring (bicyclic) bond motifs is 1. The molecule has 1 N–H and O–H groups in total. The van der Waals surface area contributed by atoms with Crippen LogP contribution in [0, 0.1) is 0 Å². The highest BCUT2D eigenvalue weighted by Gasteiger charge is 2.27. The minimum absolute atomic E-state index is 0.0433. The van der Waals surface area contributed by atoms with Gasteiger partial charge in [0, 0.05) is 19.3 Å². The first-order valence-electron chi connectivity index (χ1n) is 8.29. The Kier molecular flexibility index (Phi) is 4.89. The van der Waals surface area contributed by atoms with Crippen LogP contribution in [0.25, 0.3) is 0 Å². The normalized spacial score (nSPS) is 20.4. The fourth-order valence-electron chi connectivity index (χ4n) is 3.04. The summed E-state index contributed by atoms with van der Waals surface area (Å²) in [5.74, 6) is 0.535. The molecule has 0 aromatic heterocycles. The zero-order valence-electron chi connectivity index (χ0n) is 14.1. The van der Waals surface area contributed by atoms with E-state index in [2.05, 4.69) is 12.2 Å². The molecule has 7 nitrogen and oxygen atoms in total. The average molecular weight is 333 g/mol. The van der Waals surface area contributed by atoms with E-state index in [4.69, 9.17) is 9.47 Å². The predicted molar refractivity (Wildman–Crippen MR) is 90.6 cm³/mol. The van der Waals surface area contributed by atoms with E-state index in [1.807, 2.05) is 4.90 Å². The summed E-state index contributed by atoms with van der Waals surface area (Å²) in [4.78, 5) is 27.7. The zero-order chi connectivity index (χ0) is 17.1. The van der Waals surface area contributed by atoms with E-state index in [9.17, 15) is 9.59 Å². The van der Waals surface area contributed by atoms with Gasteiger partial charge in [0.05, 0.1) is 24.9 Å². The maximum atomic E-state index is 12.6. The van der Waals surface area contributed by atoms with Gasteiger partial charge in [-0.2, -0.15) is 0 Å². The second-order valence-electron chi connectivity index (χ2n) is 6.06. The fraction of sp³-hybridized carbons (Fsp3) is 0.529. The maximum Gasteiger partial charge on any atom is 0.322 e. The van der Waals surface area contributed by atoms with Crippen LogP contribution in [0.5, 0.6) is 5.75 Å². The van der Waals surface area contributed by atoms with Gasteiger partial charge >= 0.3 is 6.03 Å². The van der Waals surface area contributed by atoms with Crippen molar-refractivity contribution >= 4 is 23.3 Å². The van der Waals surface area contributed by atoms with Crippen molar-refractivity contribution < 1.29 is 19.1 Å². The van der Waals surface area contributed by atoms with Gasteiger partial charge in [-0.1, -0.05) is 13.3 Å². The lowest BCUT2D eigenvalue weighted by Gasteiger charge is -2.35. The van der Waals surface area contributed by atoms with Crippen molar-refractivity contribution in [2.75, 3.05) is 43.6 Å². The number of benzene rings is 1. The Morgan fingerprint density at radius 2 is 2.25 bits per heavy atom. The van der Waals surface area contributed by atoms with Gasteiger partial charge in [0.25, 0.3) is 5.91 Å². The van der Waals surface area contributed by atoms with Crippen LogP contribution < -0.4 is 15.0 Å². The highest BCUT2D eigenvalue weighted by Crippen LogP contribution is 2.33. The van der Waals surface area contributed by atoms with Crippen molar-refractivity contribution in [3.05, 3.63) is 18.2 Å². The third kappa shape index (κ3) is 3.31. The van der Waals surface area contributed by atoms with Crippen molar-refractivity contribution in [3.8, 4) is 5.75 Å². The maximum absolute atomic E-state index is 12.6. The van der Waals surface area contributed by atoms with Crippen molar-refractivity contribution in [3.63, 3.8) is 0 Å². The standard InChI is InChI=1S/C17H23N3O4/c1-3-4-13-10-23-8-7-20(13)17(22)18-12-5-6-15-14(9-12)19(2)16(21)11-24-15/h5-6,9,13H,3-4,7-8,10-11H2,1-2H3,(H,18,22)/t13-/m0/s1. The summed E-state index contributed by atoms with van der Waals surface area (Å²) in [6.45, 7) is 3.87. The number of hydrogen-bond acceptors (Lipinski definition) is 4. The van der Waals surface area contributed by atoms with Crippen LogP contribution in [0.2, 0.25) is 0 Å². The van der Waals surface area contributed by atoms with E-state index >= 15 is 0 Å². The van der Waals surface area contributed by atoms with Crippen molar-refractivity contribution in [1.29, 1.82) is 0 Å². The molecule has 2 aliphatic rings. The van der Waals surface area contributed by atoms with Crippen LogP contribution in [0.15, 0.2) is 18.2 Å². The summed E-state index contributed by atoms with van der Waals surface area (Å²) in [6.07, 6.45) is 1.92. The van der Waals surface area contributed by atoms with E-state index in [1.54, 1.807) is 30.1 Å². The van der Waals surface area contributed by atoms with Gasteiger partial charge in [-0.25, -0.2) is 4.79 Å². The van der Waals surface area contributed by atoms with E-state index in [0.717, 1.165) is 12.8 Å². The molecule has 2 aliphatic heterocycles. The highest BCUT2D eigenvalue weighted by molar-refractivity contribution is 5.99. The first-order valence-corrected chi connectivity index (χ1v) is 8.29. The first kappa shape index (κ1) is 16.6. The van der Waals surface area contributed by atoms with Crippen molar-refractivity contribution in [1.82, 2.24) is 4.90 Å². The molecule has 3 amide bonds. The molecule has 0 radical (unpaired) electrons. The molecule has 0 saturated carbocycles. The number of carbonyl (C=O) groups is 2. The van der Waals surface area contributed by atoms with Crippen LogP contribution >= 0.6 is 0 Å².